The molecule has 0 bridgehead atoms. The van der Waals surface area contributed by atoms with Crippen molar-refractivity contribution in [1.29, 1.82) is 0 Å². The topological polar surface area (TPSA) is 33.5 Å². The summed E-state index contributed by atoms with van der Waals surface area (Å²) in [6.45, 7) is 25.8. The molecule has 0 N–H and O–H groups in total. The molecule has 5 heteroatoms. The molecule has 3 heterocycles. The highest BCUT2D eigenvalue weighted by Gasteiger charge is 2.33. The van der Waals surface area contributed by atoms with E-state index in [2.05, 4.69) is 224 Å². The number of benzene rings is 5. The zero-order chi connectivity index (χ0) is 41.2. The monoisotopic (exact) mass is 766 g/mol. The average molecular weight is 767 g/mol. The Hall–Kier alpha value is -5.81. The van der Waals surface area contributed by atoms with Gasteiger partial charge in [0.25, 0.3) is 0 Å². The predicted molar refractivity (Wildman–Crippen MR) is 245 cm³/mol. The number of aromatic nitrogens is 2. The molecule has 58 heavy (non-hydrogen) atoms. The van der Waals surface area contributed by atoms with Gasteiger partial charge in [-0.25, -0.2) is 4.98 Å². The highest BCUT2D eigenvalue weighted by molar-refractivity contribution is 6.11. The minimum absolute atomic E-state index is 0.0267. The molecule has 1 aliphatic heterocycles. The number of hydrogen-bond acceptors (Lipinski definition) is 4. The Morgan fingerprint density at radius 2 is 1.19 bits per heavy atom. The first-order chi connectivity index (χ1) is 27.4. The smallest absolute Gasteiger partial charge is 0.137 e. The molecule has 5 aromatic carbocycles. The quantitative estimate of drug-likeness (QED) is 0.162. The number of nitrogens with zero attached hydrogens (tertiary/aromatic N) is 4. The van der Waals surface area contributed by atoms with Crippen molar-refractivity contribution in [2.24, 2.45) is 5.41 Å². The van der Waals surface area contributed by atoms with Gasteiger partial charge in [-0.1, -0.05) is 143 Å². The van der Waals surface area contributed by atoms with Crippen LogP contribution in [0.1, 0.15) is 98.4 Å². The van der Waals surface area contributed by atoms with Crippen LogP contribution in [-0.4, -0.2) is 16.2 Å². The predicted octanol–water partition coefficient (Wildman–Crippen LogP) is 14.1. The van der Waals surface area contributed by atoms with Gasteiger partial charge in [-0.2, -0.15) is 0 Å². The van der Waals surface area contributed by atoms with E-state index < -0.39 is 0 Å². The minimum atomic E-state index is -0.341. The van der Waals surface area contributed by atoms with E-state index in [1.807, 2.05) is 6.20 Å². The Bertz CT molecular complexity index is 2660. The first-order valence-electron chi connectivity index (χ1n) is 20.6. The number of allylic oxidation sites excluding steroid dienone is 1. The van der Waals surface area contributed by atoms with E-state index in [9.17, 15) is 0 Å². The first-order valence-corrected chi connectivity index (χ1v) is 20.6. The summed E-state index contributed by atoms with van der Waals surface area (Å²) in [5, 5.41) is 2.40. The van der Waals surface area contributed by atoms with Gasteiger partial charge in [-0.05, 0) is 81.6 Å². The summed E-state index contributed by atoms with van der Waals surface area (Å²) < 4.78 is 9.34. The van der Waals surface area contributed by atoms with Gasteiger partial charge >= 0.3 is 0 Å². The molecule has 0 saturated carbocycles. The third-order valence-corrected chi connectivity index (χ3v) is 11.8. The SMILES string of the molecule is CC(C)(C)C1=CN(c2cccc(C(C)(C)C)c2)CN1c1cccc(Oc2cc(C(C)(C)c3ccccc3)c3c4ccccc4n(-c4cc(C(C)(C)C)ccn4)c3c2)c1. The molecule has 0 saturated heterocycles. The molecular formula is C53H58N4O. The van der Waals surface area contributed by atoms with Gasteiger partial charge in [0.2, 0.25) is 0 Å². The van der Waals surface area contributed by atoms with Crippen LogP contribution < -0.4 is 14.5 Å². The van der Waals surface area contributed by atoms with Crippen LogP contribution in [0.15, 0.2) is 145 Å². The molecule has 1 aliphatic rings. The van der Waals surface area contributed by atoms with Crippen LogP contribution in [0.25, 0.3) is 27.6 Å². The summed E-state index contributed by atoms with van der Waals surface area (Å²) in [6.07, 6.45) is 4.26. The molecule has 2 aromatic heterocycles. The number of rotatable bonds is 7. The summed E-state index contributed by atoms with van der Waals surface area (Å²) in [6, 6.07) is 45.9. The third kappa shape index (κ3) is 7.28. The maximum Gasteiger partial charge on any atom is 0.137 e. The van der Waals surface area contributed by atoms with Crippen molar-refractivity contribution in [3.63, 3.8) is 0 Å². The van der Waals surface area contributed by atoms with Crippen LogP contribution in [0.5, 0.6) is 11.5 Å². The molecule has 0 fully saturated rings. The molecule has 8 rings (SSSR count). The number of hydrogen-bond donors (Lipinski definition) is 0. The first kappa shape index (κ1) is 39.0. The normalized spacial score (nSPS) is 14.1. The van der Waals surface area contributed by atoms with Crippen LogP contribution in [0.3, 0.4) is 0 Å². The minimum Gasteiger partial charge on any atom is -0.457 e. The molecular weight excluding hydrogens is 709 g/mol. The third-order valence-electron chi connectivity index (χ3n) is 11.8. The van der Waals surface area contributed by atoms with E-state index in [4.69, 9.17) is 9.72 Å². The van der Waals surface area contributed by atoms with E-state index in [1.54, 1.807) is 0 Å². The standard InChI is InChI=1S/C53H58N4O/c1-50(2,3)37-21-17-22-39(29-37)55-34-47(52(7,8)9)56(35-55)40-23-18-24-41(31-40)58-42-32-44(53(10,11)36-19-13-12-14-20-36)49-43-25-15-16-26-45(43)57(46(49)33-42)48-30-38(27-28-54-48)51(4,5)6/h12-34H,35H2,1-11H3. The second kappa shape index (κ2) is 14.2. The van der Waals surface area contributed by atoms with Crippen molar-refractivity contribution < 1.29 is 4.74 Å². The lowest BCUT2D eigenvalue weighted by atomic mass is 9.76. The Labute approximate surface area is 345 Å². The van der Waals surface area contributed by atoms with Crippen molar-refractivity contribution in [3.8, 4) is 17.3 Å². The van der Waals surface area contributed by atoms with E-state index in [0.717, 1.165) is 34.0 Å². The van der Waals surface area contributed by atoms with Crippen molar-refractivity contribution in [1.82, 2.24) is 9.55 Å². The lowest BCUT2D eigenvalue weighted by Crippen LogP contribution is -2.30. The lowest BCUT2D eigenvalue weighted by molar-refractivity contribution is 0.479. The summed E-state index contributed by atoms with van der Waals surface area (Å²) >= 11 is 0. The van der Waals surface area contributed by atoms with Gasteiger partial charge in [0.1, 0.15) is 17.3 Å². The second-order valence-electron chi connectivity index (χ2n) is 19.6. The summed E-state index contributed by atoms with van der Waals surface area (Å²) in [5.41, 5.74) is 10.4. The number of fused-ring (bicyclic) bond motifs is 3. The molecule has 0 spiro atoms. The van der Waals surface area contributed by atoms with Crippen molar-refractivity contribution in [2.45, 2.75) is 92.4 Å². The zero-order valence-electron chi connectivity index (χ0n) is 36.2. The highest BCUT2D eigenvalue weighted by atomic mass is 16.5. The van der Waals surface area contributed by atoms with E-state index in [-0.39, 0.29) is 21.7 Å². The van der Waals surface area contributed by atoms with Crippen LogP contribution >= 0.6 is 0 Å². The maximum atomic E-state index is 7.02. The maximum absolute atomic E-state index is 7.02. The van der Waals surface area contributed by atoms with Crippen molar-refractivity contribution >= 4 is 33.2 Å². The van der Waals surface area contributed by atoms with Gasteiger partial charge in [0, 0.05) is 63.2 Å². The fourth-order valence-electron chi connectivity index (χ4n) is 8.35. The second-order valence-corrected chi connectivity index (χ2v) is 19.6. The van der Waals surface area contributed by atoms with Crippen molar-refractivity contribution in [3.05, 3.63) is 168 Å². The van der Waals surface area contributed by atoms with Gasteiger partial charge in [-0.15, -0.1) is 0 Å². The van der Waals surface area contributed by atoms with Crippen LogP contribution in [0, 0.1) is 5.41 Å². The van der Waals surface area contributed by atoms with Crippen molar-refractivity contribution in [2.75, 3.05) is 16.5 Å². The van der Waals surface area contributed by atoms with E-state index in [1.165, 1.54) is 44.4 Å². The number of para-hydroxylation sites is 1. The summed E-state index contributed by atoms with van der Waals surface area (Å²) in [7, 11) is 0. The fraction of sp³-hybridized carbons (Fsp3) is 0.302. The zero-order valence-corrected chi connectivity index (χ0v) is 36.2. The Morgan fingerprint density at radius 1 is 0.534 bits per heavy atom. The molecule has 0 unspecified atom stereocenters. The highest BCUT2D eigenvalue weighted by Crippen LogP contribution is 2.45. The van der Waals surface area contributed by atoms with Gasteiger partial charge in [-0.3, -0.25) is 4.57 Å². The number of anilines is 2. The average Bonchev–Trinajstić information content (AvgIpc) is 3.79. The summed E-state index contributed by atoms with van der Waals surface area (Å²) in [4.78, 5) is 9.79. The van der Waals surface area contributed by atoms with Gasteiger partial charge < -0.3 is 14.5 Å². The molecule has 0 aliphatic carbocycles. The molecule has 7 aromatic rings. The van der Waals surface area contributed by atoms with Crippen LogP contribution in [0.4, 0.5) is 11.4 Å². The number of pyridine rings is 1. The van der Waals surface area contributed by atoms with Gasteiger partial charge in [0.15, 0.2) is 0 Å². The van der Waals surface area contributed by atoms with E-state index in [0.29, 0.717) is 6.67 Å². The van der Waals surface area contributed by atoms with Crippen LogP contribution in [0.2, 0.25) is 0 Å². The Balaban J connectivity index is 1.26. The van der Waals surface area contributed by atoms with Crippen LogP contribution in [-0.2, 0) is 16.2 Å². The molecule has 296 valence electrons. The lowest BCUT2D eigenvalue weighted by Gasteiger charge is -2.31. The Morgan fingerprint density at radius 3 is 1.91 bits per heavy atom. The molecule has 5 nitrogen and oxygen atoms in total. The van der Waals surface area contributed by atoms with Gasteiger partial charge in [0.05, 0.1) is 17.7 Å². The molecule has 0 atom stereocenters. The summed E-state index contributed by atoms with van der Waals surface area (Å²) in [5.74, 6) is 2.47. The number of ether oxygens (including phenoxy) is 1. The Kier molecular flexibility index (Phi) is 9.58. The molecule has 0 amide bonds. The largest absolute Gasteiger partial charge is 0.457 e. The fourth-order valence-corrected chi connectivity index (χ4v) is 8.35. The van der Waals surface area contributed by atoms with E-state index >= 15 is 0 Å². The molecule has 0 radical (unpaired) electrons.